The first-order chi connectivity index (χ1) is 51.1. The van der Waals surface area contributed by atoms with Crippen LogP contribution in [0.4, 0.5) is 0 Å². The van der Waals surface area contributed by atoms with E-state index >= 15 is 0 Å². The molecule has 0 amide bonds. The molecule has 0 N–H and O–H groups in total. The first kappa shape index (κ1) is 91.8. The molecule has 0 spiro atoms. The molecule has 0 unspecified atom stereocenters. The van der Waals surface area contributed by atoms with Crippen molar-refractivity contribution in [1.82, 2.24) is 0 Å². The quantitative estimate of drug-likeness (QED) is 0.0390. The Morgan fingerprint density at radius 1 is 0.272 bits per heavy atom. The van der Waals surface area contributed by atoms with Crippen LogP contribution in [-0.2, 0) is 18.3 Å². The molecule has 589 valence electrons. The molecule has 3 heterocycles. The average molecular weight is 1470 g/mol. The molecule has 0 fully saturated rings. The van der Waals surface area contributed by atoms with Crippen LogP contribution in [0.1, 0.15) is 530 Å². The molecule has 3 aromatic rings. The fraction of sp³-hybridized carbons (Fsp3) is 0.810. The third kappa shape index (κ3) is 44.0. The van der Waals surface area contributed by atoms with Crippen LogP contribution in [0, 0.1) is 0 Å². The summed E-state index contributed by atoms with van der Waals surface area (Å²) in [4.78, 5) is 3.02. The number of benzene rings is 1. The van der Waals surface area contributed by atoms with Gasteiger partial charge in [0.1, 0.15) is 0 Å². The summed E-state index contributed by atoms with van der Waals surface area (Å²) in [5.74, 6) is 0. The highest BCUT2D eigenvalue weighted by atomic mass is 32.1. The van der Waals surface area contributed by atoms with Gasteiger partial charge in [-0.05, 0) is 118 Å². The third-order valence-corrected chi connectivity index (χ3v) is 28.2. The van der Waals surface area contributed by atoms with E-state index in [0.717, 1.165) is 9.13 Å². The Kier molecular flexibility index (Phi) is 58.8. The van der Waals surface area contributed by atoms with Crippen LogP contribution in [-0.4, -0.2) is 14.3 Å². The lowest BCUT2D eigenvalue weighted by Gasteiger charge is -2.34. The number of hydrogen-bond donors (Lipinski definition) is 0. The number of unbranched alkanes of at least 4 members (excludes halogenated alkanes) is 68. The third-order valence-electron chi connectivity index (χ3n) is 24.7. The van der Waals surface area contributed by atoms with Gasteiger partial charge in [-0.2, -0.15) is 0 Å². The van der Waals surface area contributed by atoms with E-state index in [1.165, 1.54) is 509 Å². The van der Waals surface area contributed by atoms with Crippen LogP contribution < -0.4 is 0 Å². The van der Waals surface area contributed by atoms with Gasteiger partial charge in [-0.25, -0.2) is 0 Å². The minimum atomic E-state index is 0.155. The van der Waals surface area contributed by atoms with Gasteiger partial charge in [0.25, 0.3) is 0 Å². The molecule has 2 aliphatic rings. The van der Waals surface area contributed by atoms with Crippen LogP contribution in [0.3, 0.4) is 0 Å². The van der Waals surface area contributed by atoms with Gasteiger partial charge in [-0.3, -0.25) is 0 Å². The second-order valence-electron chi connectivity index (χ2n) is 34.2. The van der Waals surface area contributed by atoms with Crippen molar-refractivity contribution in [3.63, 3.8) is 0 Å². The van der Waals surface area contributed by atoms with Crippen LogP contribution in [0.5, 0.6) is 0 Å². The van der Waals surface area contributed by atoms with E-state index in [-0.39, 0.29) is 5.41 Å². The highest BCUT2D eigenvalue weighted by Gasteiger charge is 2.45. The van der Waals surface area contributed by atoms with Gasteiger partial charge in [-0.15, -0.1) is 22.7 Å². The molecule has 1 aliphatic heterocycles. The van der Waals surface area contributed by atoms with Crippen molar-refractivity contribution in [1.29, 1.82) is 0 Å². The van der Waals surface area contributed by atoms with E-state index in [1.807, 2.05) is 27.8 Å². The predicted molar refractivity (Wildman–Crippen MR) is 474 cm³/mol. The van der Waals surface area contributed by atoms with Crippen molar-refractivity contribution >= 4 is 48.1 Å². The van der Waals surface area contributed by atoms with Crippen molar-refractivity contribution in [2.45, 2.75) is 521 Å². The minimum absolute atomic E-state index is 0.155. The standard InChI is InChI=1S/C100H173S2Si/c1-5-9-13-17-21-25-29-33-37-41-45-49-53-57-61-65-69-73-77-90-83-97(101-87-90)92-79-80-94-95-85-93(98-84-91(88-102-98)78-74-70-66-62-58-54-50-46-42-38-34-30-26-22-18-14-10-6-2)89-103-99(95)100(96(94)86-92,81-75-71-67-63-59-55-51-47-43-39-35-31-27-23-19-15-11-7-3)82-76-72-68-64-60-56-52-48-44-40-36-32-28-24-20-16-12-8-4/h79-80,83-89H,5-78,81-82H2,1-4H3. The van der Waals surface area contributed by atoms with Gasteiger partial charge in [0, 0.05) is 15.2 Å². The number of allylic oxidation sites excluding steroid dienone is 3. The van der Waals surface area contributed by atoms with Crippen molar-refractivity contribution in [2.75, 3.05) is 0 Å². The Hall–Kier alpha value is -1.81. The molecule has 0 atom stereocenters. The van der Waals surface area contributed by atoms with Gasteiger partial charge < -0.3 is 0 Å². The van der Waals surface area contributed by atoms with E-state index in [9.17, 15) is 0 Å². The smallest absolute Gasteiger partial charge is 0.0568 e. The number of thiophene rings is 2. The minimum Gasteiger partial charge on any atom is -0.144 e. The fourth-order valence-electron chi connectivity index (χ4n) is 17.8. The van der Waals surface area contributed by atoms with Crippen LogP contribution in [0.2, 0.25) is 0 Å². The van der Waals surface area contributed by atoms with Crippen molar-refractivity contribution in [2.24, 2.45) is 0 Å². The number of aryl methyl sites for hydroxylation is 2. The van der Waals surface area contributed by atoms with Gasteiger partial charge in [0.15, 0.2) is 0 Å². The topological polar surface area (TPSA) is 0 Å². The molecule has 5 rings (SSSR count). The van der Waals surface area contributed by atoms with E-state index in [1.54, 1.807) is 27.8 Å². The lowest BCUT2D eigenvalue weighted by molar-refractivity contribution is 0.432. The molecule has 1 aromatic carbocycles. The summed E-state index contributed by atoms with van der Waals surface area (Å²) in [6.45, 7) is 9.31. The van der Waals surface area contributed by atoms with Crippen LogP contribution in [0.25, 0.3) is 21.6 Å². The zero-order valence-electron chi connectivity index (χ0n) is 69.8. The molecule has 0 nitrogen and oxygen atoms in total. The molecular formula is C100H173S2Si. The van der Waals surface area contributed by atoms with E-state index in [2.05, 4.69) is 80.6 Å². The summed E-state index contributed by atoms with van der Waals surface area (Å²) in [7, 11) is 0.779. The fourth-order valence-corrected chi connectivity index (χ4v) is 21.3. The molecule has 1 aliphatic carbocycles. The second-order valence-corrected chi connectivity index (χ2v) is 37.1. The average Bonchev–Trinajstić information content (AvgIpc) is 1.56. The molecule has 1 radical (unpaired) electrons. The highest BCUT2D eigenvalue weighted by Crippen LogP contribution is 2.52. The normalized spacial score (nSPS) is 13.3. The largest absolute Gasteiger partial charge is 0.144 e. The lowest BCUT2D eigenvalue weighted by atomic mass is 9.72. The van der Waals surface area contributed by atoms with Crippen LogP contribution >= 0.6 is 22.7 Å². The highest BCUT2D eigenvalue weighted by molar-refractivity contribution is 7.13. The lowest BCUT2D eigenvalue weighted by Crippen LogP contribution is -2.34. The Labute approximate surface area is 655 Å². The maximum atomic E-state index is 2.78. The second kappa shape index (κ2) is 66.0. The SMILES string of the molecule is CCCCCCCCCCCCCCCCCCCCc1csc(C2=C[Si]=C3C(=C2)c2ccc(-c4cc(CCCCCCCCCCCCCCCCCCCC)cs4)cc2C3(CCCCCCCCCCCCCCCCCCCC)CCCCCCCCCCCCCCCCCCCC)c1. The van der Waals surface area contributed by atoms with Gasteiger partial charge in [0.2, 0.25) is 0 Å². The summed E-state index contributed by atoms with van der Waals surface area (Å²) < 4.78 is 0. The van der Waals surface area contributed by atoms with Crippen molar-refractivity contribution < 1.29 is 0 Å². The maximum absolute atomic E-state index is 2.78. The van der Waals surface area contributed by atoms with Crippen molar-refractivity contribution in [3.8, 4) is 10.4 Å². The zero-order chi connectivity index (χ0) is 72.5. The monoisotopic (exact) mass is 1470 g/mol. The maximum Gasteiger partial charge on any atom is 0.0568 e. The molecule has 3 heteroatoms. The molecule has 0 bridgehead atoms. The summed E-state index contributed by atoms with van der Waals surface area (Å²) in [6, 6.07) is 13.2. The van der Waals surface area contributed by atoms with Crippen LogP contribution in [0.15, 0.2) is 52.9 Å². The number of hydrogen-bond acceptors (Lipinski definition) is 2. The Morgan fingerprint density at radius 3 is 0.816 bits per heavy atom. The summed E-state index contributed by atoms with van der Waals surface area (Å²) >= 11 is 4.07. The molecular weight excluding hydrogens is 1290 g/mol. The molecule has 2 aromatic heterocycles. The number of rotatable bonds is 78. The van der Waals surface area contributed by atoms with Gasteiger partial charge >= 0.3 is 0 Å². The number of fused-ring (bicyclic) bond motifs is 3. The predicted octanol–water partition coefficient (Wildman–Crippen LogP) is 36.1. The first-order valence-electron chi connectivity index (χ1n) is 47.5. The first-order valence-corrected chi connectivity index (χ1v) is 50.3. The Bertz CT molecular complexity index is 2420. The molecule has 0 saturated heterocycles. The zero-order valence-corrected chi connectivity index (χ0v) is 72.4. The summed E-state index contributed by atoms with van der Waals surface area (Å²) in [5, 5.41) is 6.88. The van der Waals surface area contributed by atoms with Gasteiger partial charge in [0.05, 0.1) is 9.13 Å². The molecule has 103 heavy (non-hydrogen) atoms. The Morgan fingerprint density at radius 2 is 0.524 bits per heavy atom. The van der Waals surface area contributed by atoms with Gasteiger partial charge in [-0.1, -0.05) is 495 Å². The van der Waals surface area contributed by atoms with Crippen molar-refractivity contribution in [3.05, 3.63) is 80.0 Å². The van der Waals surface area contributed by atoms with E-state index < -0.39 is 0 Å². The summed E-state index contributed by atoms with van der Waals surface area (Å²) in [5.41, 5.74) is 14.0. The summed E-state index contributed by atoms with van der Waals surface area (Å²) in [6.07, 6.45) is 112. The molecule has 0 saturated carbocycles. The van der Waals surface area contributed by atoms with E-state index in [4.69, 9.17) is 0 Å². The Balaban J connectivity index is 1.17. The van der Waals surface area contributed by atoms with E-state index in [0.29, 0.717) is 0 Å².